The molecular formula is C38H54N3Si+. The van der Waals surface area contributed by atoms with Gasteiger partial charge in [0.1, 0.15) is 5.70 Å². The molecule has 1 aliphatic rings. The quantitative estimate of drug-likeness (QED) is 0.110. The van der Waals surface area contributed by atoms with Crippen LogP contribution in [0.2, 0.25) is 19.6 Å². The molecule has 0 radical (unpaired) electrons. The minimum Gasteiger partial charge on any atom is -0.280 e. The monoisotopic (exact) mass is 580 g/mol. The normalized spacial score (nSPS) is 18.9. The highest BCUT2D eigenvalue weighted by atomic mass is 28.3. The SMILES string of the molecule is C=CC(C)=NC(=C)C1C(CCC(C)(C=C(C)C)N=C(C)/C=C\C)c2ccccc2-c2cc(C(C)C)c([Si](C)(C)C)c[n+]21. The summed E-state index contributed by atoms with van der Waals surface area (Å²) >= 11 is 0. The Labute approximate surface area is 257 Å². The fourth-order valence-electron chi connectivity index (χ4n) is 6.51. The van der Waals surface area contributed by atoms with E-state index >= 15 is 0 Å². The molecule has 1 aliphatic heterocycles. The van der Waals surface area contributed by atoms with Gasteiger partial charge in [0.25, 0.3) is 0 Å². The van der Waals surface area contributed by atoms with Gasteiger partial charge in [-0.1, -0.05) is 82.6 Å². The third-order valence-corrected chi connectivity index (χ3v) is 10.3. The Bertz CT molecular complexity index is 1440. The number of aromatic nitrogens is 1. The van der Waals surface area contributed by atoms with E-state index in [0.717, 1.165) is 30.0 Å². The standard InChI is InChI=1S/C38H54N3Si/c1-14-18-29(8)40-38(10,24-26(3)4)22-21-33-31-19-16-17-20-32(31)35-23-34(27(5)6)36(42(11,12)13)25-41(35)37(33)30(9)39-28(7)15-2/h14-20,23-25,27,33,37H,2,9,21-22H2,1,3-8,10-13H3/q+1/b18-14-,39-28?,40-29?. The first-order valence-electron chi connectivity index (χ1n) is 15.5. The number of rotatable bonds is 11. The summed E-state index contributed by atoms with van der Waals surface area (Å²) in [5, 5.41) is 1.52. The molecule has 0 spiro atoms. The molecule has 1 aromatic carbocycles. The molecule has 3 atom stereocenters. The lowest BCUT2D eigenvalue weighted by Crippen LogP contribution is -2.54. The molecule has 4 heteroatoms. The van der Waals surface area contributed by atoms with Crippen LogP contribution in [0.1, 0.15) is 97.2 Å². The molecule has 1 aromatic heterocycles. The van der Waals surface area contributed by atoms with Crippen molar-refractivity contribution in [3.8, 4) is 11.3 Å². The van der Waals surface area contributed by atoms with Gasteiger partial charge in [-0.3, -0.25) is 9.98 Å². The lowest BCUT2D eigenvalue weighted by Gasteiger charge is -2.34. The maximum absolute atomic E-state index is 5.22. The molecule has 3 unspecified atom stereocenters. The van der Waals surface area contributed by atoms with Crippen LogP contribution in [-0.2, 0) is 0 Å². The minimum atomic E-state index is -1.64. The van der Waals surface area contributed by atoms with Crippen LogP contribution < -0.4 is 9.75 Å². The number of fused-ring (bicyclic) bond motifs is 3. The zero-order valence-corrected chi connectivity index (χ0v) is 29.2. The topological polar surface area (TPSA) is 28.6 Å². The van der Waals surface area contributed by atoms with E-state index in [1.165, 1.54) is 33.1 Å². The van der Waals surface area contributed by atoms with E-state index < -0.39 is 8.07 Å². The Morgan fingerprint density at radius 3 is 2.33 bits per heavy atom. The smallest absolute Gasteiger partial charge is 0.213 e. The Kier molecular flexibility index (Phi) is 10.7. The summed E-state index contributed by atoms with van der Waals surface area (Å²) in [6, 6.07) is 11.4. The van der Waals surface area contributed by atoms with Gasteiger partial charge in [0.15, 0.2) is 6.20 Å². The van der Waals surface area contributed by atoms with E-state index in [1.807, 2.05) is 19.9 Å². The van der Waals surface area contributed by atoms with Crippen molar-refractivity contribution in [2.24, 2.45) is 9.98 Å². The molecule has 0 saturated carbocycles. The first kappa shape index (κ1) is 33.4. The molecular weight excluding hydrogens is 527 g/mol. The summed E-state index contributed by atoms with van der Waals surface area (Å²) in [5.41, 5.74) is 9.23. The highest BCUT2D eigenvalue weighted by Gasteiger charge is 2.44. The summed E-state index contributed by atoms with van der Waals surface area (Å²) in [6.07, 6.45) is 12.7. The first-order chi connectivity index (χ1) is 19.6. The van der Waals surface area contributed by atoms with E-state index in [4.69, 9.17) is 9.98 Å². The first-order valence-corrected chi connectivity index (χ1v) is 19.0. The van der Waals surface area contributed by atoms with Gasteiger partial charge in [0, 0.05) is 28.2 Å². The highest BCUT2D eigenvalue weighted by Crippen LogP contribution is 2.45. The average molecular weight is 581 g/mol. The molecule has 42 heavy (non-hydrogen) atoms. The summed E-state index contributed by atoms with van der Waals surface area (Å²) in [6.45, 7) is 33.4. The van der Waals surface area contributed by atoms with Crippen molar-refractivity contribution in [2.45, 2.75) is 111 Å². The minimum absolute atomic E-state index is 0.00215. The van der Waals surface area contributed by atoms with Crippen molar-refractivity contribution < 1.29 is 4.57 Å². The van der Waals surface area contributed by atoms with Crippen LogP contribution >= 0.6 is 0 Å². The molecule has 224 valence electrons. The molecule has 0 amide bonds. The van der Waals surface area contributed by atoms with Crippen molar-refractivity contribution in [3.05, 3.63) is 96.4 Å². The van der Waals surface area contributed by atoms with Crippen LogP contribution in [0.15, 0.2) is 95.2 Å². The Hall–Kier alpha value is -3.11. The van der Waals surface area contributed by atoms with Gasteiger partial charge in [-0.15, -0.1) is 0 Å². The van der Waals surface area contributed by atoms with Gasteiger partial charge in [-0.05, 0) is 89.6 Å². The molecule has 0 N–H and O–H groups in total. The van der Waals surface area contributed by atoms with Crippen LogP contribution in [-0.4, -0.2) is 25.0 Å². The number of hydrogen-bond donors (Lipinski definition) is 0. The van der Waals surface area contributed by atoms with Gasteiger partial charge in [-0.25, -0.2) is 0 Å². The number of benzene rings is 1. The Balaban J connectivity index is 2.31. The van der Waals surface area contributed by atoms with Crippen molar-refractivity contribution in [1.82, 2.24) is 0 Å². The molecule has 3 nitrogen and oxygen atoms in total. The second kappa shape index (κ2) is 13.5. The molecule has 2 aromatic rings. The maximum atomic E-state index is 5.22. The largest absolute Gasteiger partial charge is 0.280 e. The van der Waals surface area contributed by atoms with E-state index in [9.17, 15) is 0 Å². The third kappa shape index (κ3) is 7.63. The predicted molar refractivity (Wildman–Crippen MR) is 188 cm³/mol. The van der Waals surface area contributed by atoms with Crippen LogP contribution in [0, 0.1) is 0 Å². The van der Waals surface area contributed by atoms with E-state index in [0.29, 0.717) is 5.92 Å². The second-order valence-corrected chi connectivity index (χ2v) is 18.8. The maximum Gasteiger partial charge on any atom is 0.213 e. The number of aliphatic imine (C=N–C) groups is 2. The summed E-state index contributed by atoms with van der Waals surface area (Å²) < 4.78 is 2.52. The zero-order valence-electron chi connectivity index (χ0n) is 28.2. The van der Waals surface area contributed by atoms with E-state index in [-0.39, 0.29) is 17.5 Å². The molecule has 0 bridgehead atoms. The van der Waals surface area contributed by atoms with Crippen molar-refractivity contribution >= 4 is 24.7 Å². The number of pyridine rings is 1. The molecule has 0 aliphatic carbocycles. The fourth-order valence-corrected chi connectivity index (χ4v) is 8.26. The predicted octanol–water partition coefficient (Wildman–Crippen LogP) is 9.65. The van der Waals surface area contributed by atoms with Gasteiger partial charge in [0.2, 0.25) is 11.7 Å². The van der Waals surface area contributed by atoms with Crippen molar-refractivity contribution in [3.63, 3.8) is 0 Å². The lowest BCUT2D eigenvalue weighted by atomic mass is 9.76. The Morgan fingerprint density at radius 2 is 1.76 bits per heavy atom. The number of allylic oxidation sites excluding steroid dienone is 5. The fraction of sp³-hybridized carbons (Fsp3) is 0.447. The van der Waals surface area contributed by atoms with Gasteiger partial charge in [-0.2, -0.15) is 4.57 Å². The van der Waals surface area contributed by atoms with Crippen LogP contribution in [0.4, 0.5) is 0 Å². The van der Waals surface area contributed by atoms with Gasteiger partial charge >= 0.3 is 0 Å². The molecule has 0 saturated heterocycles. The third-order valence-electron chi connectivity index (χ3n) is 8.25. The van der Waals surface area contributed by atoms with Crippen LogP contribution in [0.25, 0.3) is 11.3 Å². The highest BCUT2D eigenvalue weighted by molar-refractivity contribution is 6.89. The van der Waals surface area contributed by atoms with E-state index in [1.54, 1.807) is 0 Å². The Morgan fingerprint density at radius 1 is 1.10 bits per heavy atom. The molecule has 0 fully saturated rings. The second-order valence-electron chi connectivity index (χ2n) is 13.8. The average Bonchev–Trinajstić information content (AvgIpc) is 2.89. The zero-order chi connectivity index (χ0) is 31.4. The van der Waals surface area contributed by atoms with Crippen molar-refractivity contribution in [1.29, 1.82) is 0 Å². The van der Waals surface area contributed by atoms with Crippen LogP contribution in [0.3, 0.4) is 0 Å². The molecule has 2 heterocycles. The number of nitrogens with zero attached hydrogens (tertiary/aromatic N) is 3. The summed E-state index contributed by atoms with van der Waals surface area (Å²) in [5.74, 6) is 0.655. The summed E-state index contributed by atoms with van der Waals surface area (Å²) in [4.78, 5) is 10.2. The van der Waals surface area contributed by atoms with Crippen LogP contribution in [0.5, 0.6) is 0 Å². The van der Waals surface area contributed by atoms with Gasteiger partial charge in [0.05, 0.1) is 19.5 Å². The van der Waals surface area contributed by atoms with Gasteiger partial charge < -0.3 is 0 Å². The molecule has 3 rings (SSSR count). The summed E-state index contributed by atoms with van der Waals surface area (Å²) in [7, 11) is -1.64. The van der Waals surface area contributed by atoms with E-state index in [2.05, 4.69) is 134 Å². The lowest BCUT2D eigenvalue weighted by molar-refractivity contribution is -0.708. The number of hydrogen-bond acceptors (Lipinski definition) is 2. The van der Waals surface area contributed by atoms with Crippen molar-refractivity contribution in [2.75, 3.05) is 0 Å².